The third-order valence-corrected chi connectivity index (χ3v) is 3.09. The lowest BCUT2D eigenvalue weighted by Crippen LogP contribution is -2.23. The third-order valence-electron chi connectivity index (χ3n) is 2.79. The summed E-state index contributed by atoms with van der Waals surface area (Å²) in [5, 5.41) is 8.63. The van der Waals surface area contributed by atoms with E-state index >= 15 is 0 Å². The highest BCUT2D eigenvalue weighted by Gasteiger charge is 2.11. The third kappa shape index (κ3) is 3.15. The highest BCUT2D eigenvalue weighted by Crippen LogP contribution is 2.27. The molecule has 0 aliphatic carbocycles. The Bertz CT molecular complexity index is 604. The number of hydrogen-bond donors (Lipinski definition) is 1. The Hall–Kier alpha value is -1.37. The molecule has 0 aliphatic rings. The highest BCUT2D eigenvalue weighted by atomic mass is 32.1. The van der Waals surface area contributed by atoms with E-state index in [0.717, 1.165) is 5.56 Å². The van der Waals surface area contributed by atoms with Crippen LogP contribution in [-0.4, -0.2) is 38.5 Å². The number of aliphatic hydroxyl groups is 1. The Morgan fingerprint density at radius 1 is 1.37 bits per heavy atom. The number of furan rings is 1. The maximum atomic E-state index is 8.63. The molecule has 0 spiro atoms. The molecule has 6 heteroatoms. The molecule has 2 aromatic rings. The van der Waals surface area contributed by atoms with E-state index in [9.17, 15) is 0 Å². The molecule has 0 bridgehead atoms. The van der Waals surface area contributed by atoms with E-state index < -0.39 is 0 Å². The second-order valence-corrected chi connectivity index (χ2v) is 4.72. The highest BCUT2D eigenvalue weighted by molar-refractivity contribution is 7.71. The number of fused-ring (bicyclic) bond motifs is 1. The molecule has 0 unspecified atom stereocenters. The van der Waals surface area contributed by atoms with Crippen LogP contribution in [-0.2, 0) is 4.74 Å². The monoisotopic (exact) mass is 283 g/mol. The van der Waals surface area contributed by atoms with Gasteiger partial charge in [0, 0.05) is 25.2 Å². The van der Waals surface area contributed by atoms with Gasteiger partial charge < -0.3 is 23.6 Å². The molecule has 5 nitrogen and oxygen atoms in total. The van der Waals surface area contributed by atoms with Gasteiger partial charge in [0.05, 0.1) is 30.6 Å². The van der Waals surface area contributed by atoms with Crippen molar-refractivity contribution in [1.29, 1.82) is 0 Å². The SMILES string of the molecule is Cc1coc2c(=S)cc(N(C)CCOCCO)oc12. The minimum Gasteiger partial charge on any atom is -0.459 e. The van der Waals surface area contributed by atoms with Crippen molar-refractivity contribution in [3.05, 3.63) is 22.4 Å². The number of hydrogen-bond acceptors (Lipinski definition) is 6. The fraction of sp³-hybridized carbons (Fsp3) is 0.462. The van der Waals surface area contributed by atoms with Crippen molar-refractivity contribution in [3.63, 3.8) is 0 Å². The van der Waals surface area contributed by atoms with Crippen molar-refractivity contribution in [2.24, 2.45) is 0 Å². The first kappa shape index (κ1) is 14.0. The van der Waals surface area contributed by atoms with Crippen LogP contribution in [0, 0.1) is 11.4 Å². The Morgan fingerprint density at radius 3 is 2.89 bits per heavy atom. The second-order valence-electron chi connectivity index (χ2n) is 4.28. The topological polar surface area (TPSA) is 59.0 Å². The minimum atomic E-state index is 0.0323. The van der Waals surface area contributed by atoms with Crippen LogP contribution in [0.4, 0.5) is 5.88 Å². The van der Waals surface area contributed by atoms with Gasteiger partial charge in [-0.1, -0.05) is 12.2 Å². The number of ether oxygens (including phenoxy) is 1. The average molecular weight is 283 g/mol. The molecule has 0 saturated carbocycles. The zero-order chi connectivity index (χ0) is 13.8. The van der Waals surface area contributed by atoms with Crippen molar-refractivity contribution >= 4 is 29.3 Å². The van der Waals surface area contributed by atoms with Crippen molar-refractivity contribution in [3.8, 4) is 0 Å². The summed E-state index contributed by atoms with van der Waals surface area (Å²) in [5.41, 5.74) is 2.22. The van der Waals surface area contributed by atoms with E-state index in [1.54, 1.807) is 12.3 Å². The number of anilines is 1. The summed E-state index contributed by atoms with van der Waals surface area (Å²) in [7, 11) is 1.90. The van der Waals surface area contributed by atoms with Crippen LogP contribution >= 0.6 is 12.2 Å². The van der Waals surface area contributed by atoms with Crippen LogP contribution in [0.15, 0.2) is 21.2 Å². The molecule has 2 heterocycles. The first-order valence-electron chi connectivity index (χ1n) is 6.05. The van der Waals surface area contributed by atoms with Crippen LogP contribution in [0.5, 0.6) is 0 Å². The van der Waals surface area contributed by atoms with Crippen LogP contribution < -0.4 is 4.90 Å². The molecule has 0 saturated heterocycles. The smallest absolute Gasteiger partial charge is 0.197 e. The van der Waals surface area contributed by atoms with Crippen molar-refractivity contribution in [2.75, 3.05) is 38.3 Å². The van der Waals surface area contributed by atoms with Crippen molar-refractivity contribution in [2.45, 2.75) is 6.92 Å². The first-order chi connectivity index (χ1) is 9.13. The van der Waals surface area contributed by atoms with Gasteiger partial charge in [-0.2, -0.15) is 0 Å². The standard InChI is InChI=1S/C13H17NO4S/c1-9-8-17-13-10(19)7-11(18-12(9)13)14(2)3-5-16-6-4-15/h7-8,15H,3-6H2,1-2H3. The largest absolute Gasteiger partial charge is 0.459 e. The van der Waals surface area contributed by atoms with Gasteiger partial charge in [0.25, 0.3) is 0 Å². The Balaban J connectivity index is 2.15. The lowest BCUT2D eigenvalue weighted by Gasteiger charge is -2.17. The van der Waals surface area contributed by atoms with E-state index in [1.165, 1.54) is 0 Å². The summed E-state index contributed by atoms with van der Waals surface area (Å²) in [6.45, 7) is 3.46. The molecule has 0 aliphatic heterocycles. The van der Waals surface area contributed by atoms with Gasteiger partial charge in [-0.25, -0.2) is 0 Å². The Morgan fingerprint density at radius 2 is 2.16 bits per heavy atom. The zero-order valence-electron chi connectivity index (χ0n) is 11.0. The van der Waals surface area contributed by atoms with E-state index in [2.05, 4.69) is 0 Å². The Kier molecular flexibility index (Phi) is 4.57. The predicted octanol–water partition coefficient (Wildman–Crippen LogP) is 2.51. The number of rotatable bonds is 6. The Labute approximate surface area is 116 Å². The maximum Gasteiger partial charge on any atom is 0.197 e. The van der Waals surface area contributed by atoms with Crippen LogP contribution in [0.3, 0.4) is 0 Å². The van der Waals surface area contributed by atoms with Crippen LogP contribution in [0.1, 0.15) is 5.56 Å². The van der Waals surface area contributed by atoms with Gasteiger partial charge in [0.15, 0.2) is 17.1 Å². The van der Waals surface area contributed by atoms with Gasteiger partial charge in [-0.3, -0.25) is 0 Å². The molecule has 0 amide bonds. The summed E-state index contributed by atoms with van der Waals surface area (Å²) in [6, 6.07) is 1.77. The number of aliphatic hydroxyl groups excluding tert-OH is 1. The number of likely N-dealkylation sites (N-methyl/N-ethyl adjacent to an activating group) is 1. The van der Waals surface area contributed by atoms with Gasteiger partial charge >= 0.3 is 0 Å². The lowest BCUT2D eigenvalue weighted by atomic mass is 10.3. The summed E-state index contributed by atoms with van der Waals surface area (Å²) in [4.78, 5) is 1.92. The van der Waals surface area contributed by atoms with E-state index in [1.807, 2.05) is 18.9 Å². The summed E-state index contributed by atoms with van der Waals surface area (Å²) in [5.74, 6) is 0.676. The summed E-state index contributed by atoms with van der Waals surface area (Å²) < 4.78 is 17.0. The number of aryl methyl sites for hydroxylation is 1. The summed E-state index contributed by atoms with van der Waals surface area (Å²) >= 11 is 5.28. The quantitative estimate of drug-likeness (QED) is 0.649. The van der Waals surface area contributed by atoms with E-state index in [0.29, 0.717) is 41.3 Å². The minimum absolute atomic E-state index is 0.0323. The summed E-state index contributed by atoms with van der Waals surface area (Å²) in [6.07, 6.45) is 1.64. The second kappa shape index (κ2) is 6.18. The van der Waals surface area contributed by atoms with Gasteiger partial charge in [0.2, 0.25) is 0 Å². The molecule has 0 radical (unpaired) electrons. The molecule has 0 fully saturated rings. The van der Waals surface area contributed by atoms with Crippen LogP contribution in [0.25, 0.3) is 11.2 Å². The molecule has 2 aromatic heterocycles. The molecule has 1 N–H and O–H groups in total. The van der Waals surface area contributed by atoms with E-state index in [4.69, 9.17) is 30.9 Å². The molecular weight excluding hydrogens is 266 g/mol. The average Bonchev–Trinajstić information content (AvgIpc) is 2.77. The molecule has 2 rings (SSSR count). The normalized spacial score (nSPS) is 11.1. The van der Waals surface area contributed by atoms with Gasteiger partial charge in [-0.15, -0.1) is 0 Å². The fourth-order valence-electron chi connectivity index (χ4n) is 1.71. The van der Waals surface area contributed by atoms with Crippen molar-refractivity contribution in [1.82, 2.24) is 0 Å². The zero-order valence-corrected chi connectivity index (χ0v) is 11.8. The first-order valence-corrected chi connectivity index (χ1v) is 6.46. The van der Waals surface area contributed by atoms with E-state index in [-0.39, 0.29) is 6.61 Å². The van der Waals surface area contributed by atoms with Crippen molar-refractivity contribution < 1.29 is 18.7 Å². The van der Waals surface area contributed by atoms with Crippen LogP contribution in [0.2, 0.25) is 0 Å². The lowest BCUT2D eigenvalue weighted by molar-refractivity contribution is 0.0968. The van der Waals surface area contributed by atoms with Gasteiger partial charge in [-0.05, 0) is 6.92 Å². The fourth-order valence-corrected chi connectivity index (χ4v) is 1.95. The molecule has 19 heavy (non-hydrogen) atoms. The number of nitrogens with zero attached hydrogens (tertiary/aromatic N) is 1. The predicted molar refractivity (Wildman–Crippen MR) is 75.2 cm³/mol. The van der Waals surface area contributed by atoms with Gasteiger partial charge in [0.1, 0.15) is 0 Å². The molecule has 0 aromatic carbocycles. The maximum absolute atomic E-state index is 8.63. The molecular formula is C13H17NO4S. The molecule has 0 atom stereocenters. The molecule has 104 valence electrons.